The predicted octanol–water partition coefficient (Wildman–Crippen LogP) is 5.07. The molecule has 0 aliphatic rings. The van der Waals surface area contributed by atoms with E-state index in [-0.39, 0.29) is 5.69 Å². The van der Waals surface area contributed by atoms with Gasteiger partial charge in [0.15, 0.2) is 5.65 Å². The zero-order valence-electron chi connectivity index (χ0n) is 17.2. The van der Waals surface area contributed by atoms with E-state index in [1.165, 1.54) is 0 Å². The number of nitrogens with zero attached hydrogens (tertiary/aromatic N) is 4. The summed E-state index contributed by atoms with van der Waals surface area (Å²) in [5, 5.41) is 7.54. The van der Waals surface area contributed by atoms with Crippen LogP contribution in [-0.2, 0) is 6.54 Å². The molecule has 0 radical (unpaired) electrons. The molecule has 5 aromatic rings. The Morgan fingerprint density at radius 2 is 1.67 bits per heavy atom. The quantitative estimate of drug-likeness (QED) is 0.413. The molecule has 162 valence electrons. The fraction of sp³-hybridized carbons (Fsp3) is 0.0400. The van der Waals surface area contributed by atoms with Crippen molar-refractivity contribution in [2.24, 2.45) is 0 Å². The highest BCUT2D eigenvalue weighted by Crippen LogP contribution is 2.26. The molecule has 0 spiro atoms. The monoisotopic (exact) mass is 441 g/mol. The Bertz CT molecular complexity index is 1430. The number of fused-ring (bicyclic) bond motifs is 1. The van der Waals surface area contributed by atoms with Gasteiger partial charge in [-0.05, 0) is 35.9 Å². The highest BCUT2D eigenvalue weighted by Gasteiger charge is 2.18. The predicted molar refractivity (Wildman–Crippen MR) is 121 cm³/mol. The van der Waals surface area contributed by atoms with Gasteiger partial charge in [0.2, 0.25) is 0 Å². The summed E-state index contributed by atoms with van der Waals surface area (Å²) in [4.78, 5) is 22.0. The topological polar surface area (TPSA) is 72.7 Å². The molecule has 3 heterocycles. The number of hydrogen-bond donors (Lipinski definition) is 1. The van der Waals surface area contributed by atoms with Gasteiger partial charge in [-0.15, -0.1) is 0 Å². The van der Waals surface area contributed by atoms with Crippen molar-refractivity contribution in [3.63, 3.8) is 0 Å². The van der Waals surface area contributed by atoms with E-state index in [0.717, 1.165) is 29.3 Å². The molecular weight excluding hydrogens is 424 g/mol. The highest BCUT2D eigenvalue weighted by atomic mass is 19.1. The third kappa shape index (κ3) is 4.31. The van der Waals surface area contributed by atoms with Crippen molar-refractivity contribution in [1.29, 1.82) is 0 Å². The van der Waals surface area contributed by atoms with E-state index in [1.807, 2.05) is 42.5 Å². The van der Waals surface area contributed by atoms with Crippen molar-refractivity contribution in [2.75, 3.05) is 5.32 Å². The largest absolute Gasteiger partial charge is 0.322 e. The fourth-order valence-electron chi connectivity index (χ4n) is 3.59. The molecule has 0 bridgehead atoms. The van der Waals surface area contributed by atoms with Gasteiger partial charge in [-0.3, -0.25) is 9.78 Å². The molecule has 0 fully saturated rings. The first-order valence-electron chi connectivity index (χ1n) is 10.2. The van der Waals surface area contributed by atoms with Crippen LogP contribution in [0.25, 0.3) is 22.3 Å². The van der Waals surface area contributed by atoms with Crippen molar-refractivity contribution >= 4 is 22.6 Å². The van der Waals surface area contributed by atoms with E-state index < -0.39 is 17.5 Å². The van der Waals surface area contributed by atoms with Gasteiger partial charge in [-0.1, -0.05) is 30.3 Å². The molecule has 1 amide bonds. The van der Waals surface area contributed by atoms with Crippen molar-refractivity contribution in [3.05, 3.63) is 108 Å². The van der Waals surface area contributed by atoms with Gasteiger partial charge in [0, 0.05) is 29.7 Å². The van der Waals surface area contributed by atoms with E-state index in [1.54, 1.807) is 29.3 Å². The maximum atomic E-state index is 13.6. The number of amides is 1. The van der Waals surface area contributed by atoms with Crippen LogP contribution < -0.4 is 5.32 Å². The van der Waals surface area contributed by atoms with Gasteiger partial charge >= 0.3 is 0 Å². The summed E-state index contributed by atoms with van der Waals surface area (Å²) in [6, 6.07) is 17.7. The summed E-state index contributed by atoms with van der Waals surface area (Å²) < 4.78 is 28.9. The van der Waals surface area contributed by atoms with E-state index in [2.05, 4.69) is 15.4 Å². The second kappa shape index (κ2) is 8.58. The Hall–Kier alpha value is -4.46. The molecule has 0 aliphatic heterocycles. The molecule has 1 N–H and O–H groups in total. The van der Waals surface area contributed by atoms with Crippen molar-refractivity contribution < 1.29 is 13.6 Å². The molecule has 3 aromatic heterocycles. The van der Waals surface area contributed by atoms with E-state index in [4.69, 9.17) is 4.98 Å². The minimum absolute atomic E-state index is 0.0212. The van der Waals surface area contributed by atoms with Gasteiger partial charge in [0.25, 0.3) is 5.91 Å². The molecule has 5 rings (SSSR count). The minimum atomic E-state index is -0.777. The van der Waals surface area contributed by atoms with E-state index >= 15 is 0 Å². The number of hydrogen-bond acceptors (Lipinski definition) is 4. The Balaban J connectivity index is 1.61. The summed E-state index contributed by atoms with van der Waals surface area (Å²) in [7, 11) is 0. The molecular formula is C25H17F2N5O. The van der Waals surface area contributed by atoms with Crippen LogP contribution in [0.15, 0.2) is 85.3 Å². The summed E-state index contributed by atoms with van der Waals surface area (Å²) in [5.41, 5.74) is 3.21. The molecule has 33 heavy (non-hydrogen) atoms. The number of aromatic nitrogens is 4. The smallest absolute Gasteiger partial charge is 0.256 e. The average Bonchev–Trinajstić information content (AvgIpc) is 3.21. The third-order valence-electron chi connectivity index (χ3n) is 5.13. The summed E-state index contributed by atoms with van der Waals surface area (Å²) >= 11 is 0. The van der Waals surface area contributed by atoms with Crippen molar-refractivity contribution in [1.82, 2.24) is 19.7 Å². The van der Waals surface area contributed by atoms with Crippen LogP contribution in [0.2, 0.25) is 0 Å². The van der Waals surface area contributed by atoms with Crippen LogP contribution in [0.5, 0.6) is 0 Å². The lowest BCUT2D eigenvalue weighted by Crippen LogP contribution is -2.13. The average molecular weight is 441 g/mol. The number of anilines is 1. The standard InChI is InChI=1S/C25H17F2N5O/c26-18-10-19(27)12-20(11-18)30-25(33)21-13-23(17-4-2-1-3-5-17)31-24-22(21)14-29-32(24)15-16-6-8-28-9-7-16/h1-14H,15H2,(H,30,33). The minimum Gasteiger partial charge on any atom is -0.322 e. The maximum absolute atomic E-state index is 13.6. The Kier molecular flexibility index (Phi) is 5.32. The zero-order valence-corrected chi connectivity index (χ0v) is 17.2. The molecule has 8 heteroatoms. The normalized spacial score (nSPS) is 11.0. The third-order valence-corrected chi connectivity index (χ3v) is 5.13. The SMILES string of the molecule is O=C(Nc1cc(F)cc(F)c1)c1cc(-c2ccccc2)nc2c1cnn2Cc1ccncc1. The molecule has 2 aromatic carbocycles. The van der Waals surface area contributed by atoms with Crippen LogP contribution in [0.4, 0.5) is 14.5 Å². The molecule has 0 saturated heterocycles. The number of halogens is 2. The Labute approximate surface area is 187 Å². The Morgan fingerprint density at radius 3 is 2.39 bits per heavy atom. The summed E-state index contributed by atoms with van der Waals surface area (Å²) in [5.74, 6) is -2.08. The molecule has 0 aliphatic carbocycles. The lowest BCUT2D eigenvalue weighted by atomic mass is 10.1. The Morgan fingerprint density at radius 1 is 0.939 bits per heavy atom. The van der Waals surface area contributed by atoms with Crippen LogP contribution >= 0.6 is 0 Å². The van der Waals surface area contributed by atoms with Gasteiger partial charge in [0.1, 0.15) is 11.6 Å². The number of benzene rings is 2. The van der Waals surface area contributed by atoms with Gasteiger partial charge in [0.05, 0.1) is 29.4 Å². The second-order valence-corrected chi connectivity index (χ2v) is 7.43. The number of carbonyl (C=O) groups excluding carboxylic acids is 1. The van der Waals surface area contributed by atoms with Gasteiger partial charge in [-0.25, -0.2) is 18.4 Å². The zero-order chi connectivity index (χ0) is 22.8. The molecule has 0 atom stereocenters. The van der Waals surface area contributed by atoms with Crippen LogP contribution in [0, 0.1) is 11.6 Å². The van der Waals surface area contributed by atoms with Gasteiger partial charge < -0.3 is 5.32 Å². The van der Waals surface area contributed by atoms with E-state index in [9.17, 15) is 13.6 Å². The first-order chi connectivity index (χ1) is 16.1. The first-order valence-corrected chi connectivity index (χ1v) is 10.2. The van der Waals surface area contributed by atoms with Crippen LogP contribution in [0.1, 0.15) is 15.9 Å². The summed E-state index contributed by atoms with van der Waals surface area (Å²) in [6.45, 7) is 0.438. The number of pyridine rings is 2. The molecule has 6 nitrogen and oxygen atoms in total. The molecule has 0 saturated carbocycles. The number of nitrogens with one attached hydrogen (secondary N) is 1. The summed E-state index contributed by atoms with van der Waals surface area (Å²) in [6.07, 6.45) is 4.96. The fourth-order valence-corrected chi connectivity index (χ4v) is 3.59. The van der Waals surface area contributed by atoms with Crippen molar-refractivity contribution in [2.45, 2.75) is 6.54 Å². The van der Waals surface area contributed by atoms with Crippen LogP contribution in [-0.4, -0.2) is 25.7 Å². The van der Waals surface area contributed by atoms with Gasteiger partial charge in [-0.2, -0.15) is 5.10 Å². The van der Waals surface area contributed by atoms with E-state index in [0.29, 0.717) is 28.8 Å². The maximum Gasteiger partial charge on any atom is 0.256 e. The van der Waals surface area contributed by atoms with Crippen molar-refractivity contribution in [3.8, 4) is 11.3 Å². The second-order valence-electron chi connectivity index (χ2n) is 7.43. The lowest BCUT2D eigenvalue weighted by molar-refractivity contribution is 0.102. The number of carbonyl (C=O) groups is 1. The molecule has 0 unspecified atom stereocenters. The lowest BCUT2D eigenvalue weighted by Gasteiger charge is -2.10. The highest BCUT2D eigenvalue weighted by molar-refractivity contribution is 6.12. The first kappa shape index (κ1) is 20.4. The van der Waals surface area contributed by atoms with Crippen LogP contribution in [0.3, 0.4) is 0 Å². The number of rotatable bonds is 5.